The lowest BCUT2D eigenvalue weighted by atomic mass is 10.1. The van der Waals surface area contributed by atoms with Gasteiger partial charge in [-0.05, 0) is 29.8 Å². The molecule has 0 atom stereocenters. The molecule has 124 valence electrons. The molecule has 0 unspecified atom stereocenters. The van der Waals surface area contributed by atoms with E-state index in [0.717, 1.165) is 5.56 Å². The number of hydrogen-bond acceptors (Lipinski definition) is 4. The Morgan fingerprint density at radius 3 is 3.00 bits per heavy atom. The Balaban J connectivity index is 1.51. The lowest BCUT2D eigenvalue weighted by Gasteiger charge is -2.18. The Kier molecular flexibility index (Phi) is 4.60. The first-order valence-corrected chi connectivity index (χ1v) is 7.31. The van der Waals surface area contributed by atoms with E-state index in [4.69, 9.17) is 9.47 Å². The molecule has 2 aromatic rings. The molecule has 0 radical (unpaired) electrons. The first kappa shape index (κ1) is 15.8. The van der Waals surface area contributed by atoms with Crippen LogP contribution in [0.2, 0.25) is 0 Å². The van der Waals surface area contributed by atoms with Crippen LogP contribution >= 0.6 is 0 Å². The predicted octanol–water partition coefficient (Wildman–Crippen LogP) is 1.85. The summed E-state index contributed by atoms with van der Waals surface area (Å²) in [5.74, 6) is -0.0893. The van der Waals surface area contributed by atoms with E-state index in [0.29, 0.717) is 17.2 Å². The summed E-state index contributed by atoms with van der Waals surface area (Å²) in [4.78, 5) is 23.1. The van der Waals surface area contributed by atoms with Gasteiger partial charge in [-0.3, -0.25) is 9.59 Å². The molecular weight excluding hydrogens is 315 g/mol. The van der Waals surface area contributed by atoms with Gasteiger partial charge in [-0.2, -0.15) is 0 Å². The number of anilines is 1. The average Bonchev–Trinajstić information content (AvgIpc) is 2.58. The molecule has 0 saturated carbocycles. The van der Waals surface area contributed by atoms with E-state index in [9.17, 15) is 14.0 Å². The van der Waals surface area contributed by atoms with Crippen LogP contribution in [0, 0.1) is 5.82 Å². The molecule has 0 saturated heterocycles. The summed E-state index contributed by atoms with van der Waals surface area (Å²) in [7, 11) is 0. The van der Waals surface area contributed by atoms with Gasteiger partial charge in [0.25, 0.3) is 11.8 Å². The summed E-state index contributed by atoms with van der Waals surface area (Å²) in [6.45, 7) is 0.0588. The maximum absolute atomic E-state index is 13.0. The van der Waals surface area contributed by atoms with Gasteiger partial charge in [0, 0.05) is 12.6 Å². The fraction of sp³-hybridized carbons (Fsp3) is 0.176. The maximum atomic E-state index is 13.0. The fourth-order valence-corrected chi connectivity index (χ4v) is 2.20. The summed E-state index contributed by atoms with van der Waals surface area (Å²) >= 11 is 0. The normalized spacial score (nSPS) is 12.6. The Bertz CT molecular complexity index is 779. The van der Waals surface area contributed by atoms with Gasteiger partial charge in [-0.15, -0.1) is 0 Å². The van der Waals surface area contributed by atoms with Gasteiger partial charge in [0.2, 0.25) is 0 Å². The van der Waals surface area contributed by atoms with Crippen LogP contribution in [0.15, 0.2) is 42.5 Å². The van der Waals surface area contributed by atoms with Gasteiger partial charge in [0.05, 0.1) is 5.69 Å². The van der Waals surface area contributed by atoms with Crippen molar-refractivity contribution in [1.29, 1.82) is 0 Å². The summed E-state index contributed by atoms with van der Waals surface area (Å²) in [5, 5.41) is 5.39. The zero-order chi connectivity index (χ0) is 16.9. The number of hydrogen-bond donors (Lipinski definition) is 2. The van der Waals surface area contributed by atoms with Crippen molar-refractivity contribution in [2.75, 3.05) is 18.5 Å². The number of carbonyl (C=O) groups is 2. The fourth-order valence-electron chi connectivity index (χ4n) is 2.20. The molecular formula is C17H15FN2O4. The number of ether oxygens (including phenoxy) is 2. The monoisotopic (exact) mass is 330 g/mol. The topological polar surface area (TPSA) is 76.7 Å². The molecule has 7 heteroatoms. The number of fused-ring (bicyclic) bond motifs is 1. The molecule has 1 heterocycles. The largest absolute Gasteiger partial charge is 0.484 e. The first-order valence-electron chi connectivity index (χ1n) is 7.31. The quantitative estimate of drug-likeness (QED) is 0.877. The van der Waals surface area contributed by atoms with Crippen LogP contribution in [-0.4, -0.2) is 25.0 Å². The second-order valence-electron chi connectivity index (χ2n) is 5.19. The van der Waals surface area contributed by atoms with E-state index >= 15 is 0 Å². The second kappa shape index (κ2) is 6.99. The van der Waals surface area contributed by atoms with Crippen LogP contribution in [0.3, 0.4) is 0 Å². The second-order valence-corrected chi connectivity index (χ2v) is 5.19. The van der Waals surface area contributed by atoms with E-state index < -0.39 is 5.82 Å². The highest BCUT2D eigenvalue weighted by molar-refractivity contribution is 5.95. The van der Waals surface area contributed by atoms with Crippen LogP contribution in [0.4, 0.5) is 10.1 Å². The summed E-state index contributed by atoms with van der Waals surface area (Å²) in [5.41, 5.74) is 1.38. The van der Waals surface area contributed by atoms with Crippen LogP contribution in [0.5, 0.6) is 11.5 Å². The van der Waals surface area contributed by atoms with Crippen molar-refractivity contribution in [2.45, 2.75) is 6.54 Å². The van der Waals surface area contributed by atoms with Gasteiger partial charge in [-0.1, -0.05) is 12.1 Å². The molecule has 2 amide bonds. The highest BCUT2D eigenvalue weighted by Crippen LogP contribution is 2.28. The lowest BCUT2D eigenvalue weighted by Crippen LogP contribution is -2.29. The van der Waals surface area contributed by atoms with Crippen molar-refractivity contribution in [1.82, 2.24) is 5.32 Å². The van der Waals surface area contributed by atoms with Gasteiger partial charge in [-0.25, -0.2) is 4.39 Å². The third-order valence-electron chi connectivity index (χ3n) is 3.33. The Hall–Kier alpha value is -3.09. The van der Waals surface area contributed by atoms with E-state index in [1.807, 2.05) is 0 Å². The van der Waals surface area contributed by atoms with Gasteiger partial charge in [0.15, 0.2) is 13.2 Å². The Morgan fingerprint density at radius 1 is 1.29 bits per heavy atom. The number of benzene rings is 2. The van der Waals surface area contributed by atoms with Crippen molar-refractivity contribution in [2.24, 2.45) is 0 Å². The number of rotatable bonds is 5. The van der Waals surface area contributed by atoms with E-state index in [1.165, 1.54) is 18.2 Å². The van der Waals surface area contributed by atoms with Gasteiger partial charge in [0.1, 0.15) is 17.3 Å². The SMILES string of the molecule is O=C(COc1cccc(F)c1)NCc1ccc2c(c1)NC(=O)CO2. The summed E-state index contributed by atoms with van der Waals surface area (Å²) < 4.78 is 23.5. The van der Waals surface area contributed by atoms with Crippen molar-refractivity contribution < 1.29 is 23.5 Å². The van der Waals surface area contributed by atoms with Crippen molar-refractivity contribution in [3.63, 3.8) is 0 Å². The first-order chi connectivity index (χ1) is 11.6. The van der Waals surface area contributed by atoms with Crippen LogP contribution in [-0.2, 0) is 16.1 Å². The van der Waals surface area contributed by atoms with Crippen LogP contribution in [0.1, 0.15) is 5.56 Å². The van der Waals surface area contributed by atoms with Crippen molar-refractivity contribution in [3.8, 4) is 11.5 Å². The molecule has 2 N–H and O–H groups in total. The van der Waals surface area contributed by atoms with E-state index in [2.05, 4.69) is 10.6 Å². The average molecular weight is 330 g/mol. The molecule has 0 aromatic heterocycles. The predicted molar refractivity (Wildman–Crippen MR) is 84.3 cm³/mol. The molecule has 0 bridgehead atoms. The summed E-state index contributed by atoms with van der Waals surface area (Å²) in [6, 6.07) is 10.9. The van der Waals surface area contributed by atoms with Gasteiger partial charge >= 0.3 is 0 Å². The number of carbonyl (C=O) groups excluding carboxylic acids is 2. The molecule has 2 aromatic carbocycles. The number of nitrogens with one attached hydrogen (secondary N) is 2. The highest BCUT2D eigenvalue weighted by atomic mass is 19.1. The molecule has 6 nitrogen and oxygen atoms in total. The minimum absolute atomic E-state index is 0.000498. The zero-order valence-electron chi connectivity index (χ0n) is 12.7. The zero-order valence-corrected chi connectivity index (χ0v) is 12.7. The van der Waals surface area contributed by atoms with Gasteiger partial charge < -0.3 is 20.1 Å². The Morgan fingerprint density at radius 2 is 2.17 bits per heavy atom. The standard InChI is InChI=1S/C17H15FN2O4/c18-12-2-1-3-13(7-12)23-9-16(21)19-8-11-4-5-15-14(6-11)20-17(22)10-24-15/h1-7H,8-10H2,(H,19,21)(H,20,22). The minimum atomic E-state index is -0.425. The molecule has 0 spiro atoms. The van der Waals surface area contributed by atoms with Crippen molar-refractivity contribution >= 4 is 17.5 Å². The van der Waals surface area contributed by atoms with E-state index in [-0.39, 0.29) is 31.6 Å². The number of amides is 2. The molecule has 3 rings (SSSR count). The van der Waals surface area contributed by atoms with Crippen molar-refractivity contribution in [3.05, 3.63) is 53.8 Å². The summed E-state index contributed by atoms with van der Waals surface area (Å²) in [6.07, 6.45) is 0. The molecule has 0 fully saturated rings. The Labute approximate surface area is 137 Å². The number of halogens is 1. The van der Waals surface area contributed by atoms with Crippen LogP contribution in [0.25, 0.3) is 0 Å². The molecule has 1 aliphatic rings. The third-order valence-corrected chi connectivity index (χ3v) is 3.33. The lowest BCUT2D eigenvalue weighted by molar-refractivity contribution is -0.123. The molecule has 0 aliphatic carbocycles. The third kappa shape index (κ3) is 4.01. The minimum Gasteiger partial charge on any atom is -0.484 e. The van der Waals surface area contributed by atoms with Crippen LogP contribution < -0.4 is 20.1 Å². The smallest absolute Gasteiger partial charge is 0.262 e. The van der Waals surface area contributed by atoms with E-state index in [1.54, 1.807) is 24.3 Å². The maximum Gasteiger partial charge on any atom is 0.262 e. The highest BCUT2D eigenvalue weighted by Gasteiger charge is 2.16. The molecule has 24 heavy (non-hydrogen) atoms. The molecule has 1 aliphatic heterocycles.